The zero-order chi connectivity index (χ0) is 22.7. The fourth-order valence-electron chi connectivity index (χ4n) is 3.92. The van der Waals surface area contributed by atoms with E-state index in [0.29, 0.717) is 0 Å². The molecule has 168 valence electrons. The van der Waals surface area contributed by atoms with Crippen LogP contribution in [0.3, 0.4) is 0 Å². The summed E-state index contributed by atoms with van der Waals surface area (Å²) < 4.78 is 51.1. The van der Waals surface area contributed by atoms with Gasteiger partial charge in [-0.1, -0.05) is 18.2 Å². The number of halogens is 3. The highest BCUT2D eigenvalue weighted by Gasteiger charge is 2.34. The van der Waals surface area contributed by atoms with E-state index in [1.165, 1.54) is 18.2 Å². The summed E-state index contributed by atoms with van der Waals surface area (Å²) in [6, 6.07) is 10.8. The molecule has 1 aromatic heterocycles. The highest BCUT2D eigenvalue weighted by Crippen LogP contribution is 2.37. The number of para-hydroxylation sites is 1. The highest BCUT2D eigenvalue weighted by atomic mass is 19.4. The summed E-state index contributed by atoms with van der Waals surface area (Å²) in [6.45, 7) is 1.45. The van der Waals surface area contributed by atoms with E-state index >= 15 is 0 Å². The summed E-state index contributed by atoms with van der Waals surface area (Å²) in [5, 5.41) is 9.99. The van der Waals surface area contributed by atoms with E-state index in [0.717, 1.165) is 59.0 Å². The molecule has 0 amide bonds. The van der Waals surface area contributed by atoms with Crippen LogP contribution in [0.1, 0.15) is 28.7 Å². The maximum absolute atomic E-state index is 13.4. The Morgan fingerprint density at radius 3 is 2.53 bits per heavy atom. The van der Waals surface area contributed by atoms with E-state index in [1.54, 1.807) is 18.6 Å². The Morgan fingerprint density at radius 2 is 1.88 bits per heavy atom. The molecule has 2 aromatic carbocycles. The van der Waals surface area contributed by atoms with Crippen molar-refractivity contribution in [1.29, 1.82) is 0 Å². The van der Waals surface area contributed by atoms with Gasteiger partial charge in [-0.2, -0.15) is 13.2 Å². The van der Waals surface area contributed by atoms with Gasteiger partial charge < -0.3 is 19.2 Å². The monoisotopic (exact) mass is 443 g/mol. The van der Waals surface area contributed by atoms with Crippen molar-refractivity contribution in [3.8, 4) is 16.9 Å². The van der Waals surface area contributed by atoms with Crippen molar-refractivity contribution in [2.75, 3.05) is 20.1 Å². The smallest absolute Gasteiger partial charge is 0.419 e. The van der Waals surface area contributed by atoms with E-state index in [4.69, 9.17) is 9.15 Å². The lowest BCUT2D eigenvalue weighted by molar-refractivity contribution is -0.139. The first kappa shape index (κ1) is 22.2. The molecule has 0 unspecified atom stereocenters. The van der Waals surface area contributed by atoms with Crippen molar-refractivity contribution < 1.29 is 27.4 Å². The third-order valence-corrected chi connectivity index (χ3v) is 5.67. The average molecular weight is 443 g/mol. The van der Waals surface area contributed by atoms with Crippen LogP contribution in [0.15, 0.2) is 65.5 Å². The Balaban J connectivity index is 1.75. The number of ether oxygens (including phenoxy) is 1. The average Bonchev–Trinajstić information content (AvgIpc) is 3.32. The first-order valence-corrected chi connectivity index (χ1v) is 10.3. The second-order valence-electron chi connectivity index (χ2n) is 7.86. The number of hydrogen-bond acceptors (Lipinski definition) is 4. The zero-order valence-corrected chi connectivity index (χ0v) is 17.7. The lowest BCUT2D eigenvalue weighted by Gasteiger charge is -2.25. The number of benzene rings is 2. The molecular weight excluding hydrogens is 419 g/mol. The molecule has 1 N–H and O–H groups in total. The van der Waals surface area contributed by atoms with Crippen LogP contribution in [0.4, 0.5) is 13.2 Å². The molecule has 0 atom stereocenters. The molecule has 0 saturated carbocycles. The molecule has 7 heteroatoms. The Morgan fingerprint density at radius 1 is 1.09 bits per heavy atom. The van der Waals surface area contributed by atoms with Crippen LogP contribution in [-0.4, -0.2) is 30.1 Å². The number of nitrogens with zero attached hydrogens (tertiary/aromatic N) is 1. The summed E-state index contributed by atoms with van der Waals surface area (Å²) in [5.41, 5.74) is 4.21. The summed E-state index contributed by atoms with van der Waals surface area (Å²) in [7, 11) is 2.03. The minimum absolute atomic E-state index is 0.0355. The van der Waals surface area contributed by atoms with Crippen molar-refractivity contribution in [2.45, 2.75) is 25.8 Å². The van der Waals surface area contributed by atoms with Gasteiger partial charge in [-0.05, 0) is 71.6 Å². The maximum atomic E-state index is 13.4. The van der Waals surface area contributed by atoms with Crippen molar-refractivity contribution >= 4 is 5.57 Å². The number of aliphatic hydroxyl groups excluding tert-OH is 1. The minimum Gasteiger partial charge on any atom is -0.488 e. The van der Waals surface area contributed by atoms with Gasteiger partial charge in [0, 0.05) is 18.7 Å². The number of alkyl halides is 3. The van der Waals surface area contributed by atoms with Gasteiger partial charge in [-0.15, -0.1) is 0 Å². The van der Waals surface area contributed by atoms with Gasteiger partial charge in [0.1, 0.15) is 12.4 Å². The van der Waals surface area contributed by atoms with Crippen molar-refractivity contribution in [1.82, 2.24) is 4.90 Å². The first-order valence-electron chi connectivity index (χ1n) is 10.3. The van der Waals surface area contributed by atoms with E-state index in [2.05, 4.69) is 11.0 Å². The van der Waals surface area contributed by atoms with Crippen molar-refractivity contribution in [2.24, 2.45) is 0 Å². The van der Waals surface area contributed by atoms with Gasteiger partial charge in [-0.25, -0.2) is 0 Å². The lowest BCUT2D eigenvalue weighted by atomic mass is 9.89. The van der Waals surface area contributed by atoms with E-state index < -0.39 is 11.7 Å². The zero-order valence-electron chi connectivity index (χ0n) is 17.7. The number of aliphatic hydroxyl groups is 1. The Bertz CT molecular complexity index is 1100. The number of hydrogen-bond donors (Lipinski definition) is 1. The first-order chi connectivity index (χ1) is 15.4. The molecule has 0 aliphatic carbocycles. The lowest BCUT2D eigenvalue weighted by Crippen LogP contribution is -2.24. The molecule has 0 fully saturated rings. The summed E-state index contributed by atoms with van der Waals surface area (Å²) in [4.78, 5) is 2.19. The summed E-state index contributed by atoms with van der Waals surface area (Å²) in [5.74, 6) is -0.209. The van der Waals surface area contributed by atoms with Crippen LogP contribution in [0.2, 0.25) is 0 Å². The standard InChI is InChI=1S/C25H24F3NO3/c1-29-9-6-17(7-10-29)21-12-19(14-30)22(18-8-11-31-15-18)13-20(21)16-32-24-5-3-2-4-23(24)25(26,27)28/h2-6,8,11-13,15,30H,7,9-10,14,16H2,1H3. The third kappa shape index (κ3) is 4.74. The molecule has 4 rings (SSSR count). The number of rotatable bonds is 6. The largest absolute Gasteiger partial charge is 0.488 e. The number of furan rings is 1. The van der Waals surface area contributed by atoms with E-state index in [-0.39, 0.29) is 19.0 Å². The quantitative estimate of drug-likeness (QED) is 0.527. The normalized spacial score (nSPS) is 15.0. The molecule has 3 aromatic rings. The number of likely N-dealkylation sites (N-methyl/N-ethyl adjacent to an activating group) is 1. The Labute approximate surface area is 184 Å². The van der Waals surface area contributed by atoms with Crippen molar-refractivity contribution in [3.63, 3.8) is 0 Å². The fraction of sp³-hybridized carbons (Fsp3) is 0.280. The van der Waals surface area contributed by atoms with Gasteiger partial charge in [0.25, 0.3) is 0 Å². The van der Waals surface area contributed by atoms with Gasteiger partial charge >= 0.3 is 6.18 Å². The van der Waals surface area contributed by atoms with Gasteiger partial charge in [0.15, 0.2) is 0 Å². The predicted octanol–water partition coefficient (Wildman–Crippen LogP) is 5.76. The molecular formula is C25H24F3NO3. The second-order valence-corrected chi connectivity index (χ2v) is 7.86. The van der Waals surface area contributed by atoms with Crippen LogP contribution in [0.25, 0.3) is 16.7 Å². The van der Waals surface area contributed by atoms with Gasteiger partial charge in [0.05, 0.1) is 24.7 Å². The van der Waals surface area contributed by atoms with Gasteiger partial charge in [0.2, 0.25) is 0 Å². The maximum Gasteiger partial charge on any atom is 0.419 e. The molecule has 1 aliphatic heterocycles. The SMILES string of the molecule is CN1CC=C(c2cc(CO)c(-c3ccoc3)cc2COc2ccccc2C(F)(F)F)CC1. The van der Waals surface area contributed by atoms with E-state index in [1.807, 2.05) is 19.2 Å². The van der Waals surface area contributed by atoms with Crippen LogP contribution < -0.4 is 4.74 Å². The second kappa shape index (κ2) is 9.22. The molecule has 32 heavy (non-hydrogen) atoms. The van der Waals surface area contributed by atoms with Gasteiger partial charge in [-0.3, -0.25) is 0 Å². The summed E-state index contributed by atoms with van der Waals surface area (Å²) in [6.07, 6.45) is 1.54. The summed E-state index contributed by atoms with van der Waals surface area (Å²) >= 11 is 0. The van der Waals surface area contributed by atoms with Crippen LogP contribution in [0.5, 0.6) is 5.75 Å². The van der Waals surface area contributed by atoms with Crippen LogP contribution in [-0.2, 0) is 19.4 Å². The molecule has 0 saturated heterocycles. The fourth-order valence-corrected chi connectivity index (χ4v) is 3.92. The Hall–Kier alpha value is -3.03. The molecule has 0 spiro atoms. The van der Waals surface area contributed by atoms with Crippen LogP contribution in [0, 0.1) is 0 Å². The molecule has 0 radical (unpaired) electrons. The Kier molecular flexibility index (Phi) is 6.39. The van der Waals surface area contributed by atoms with Crippen molar-refractivity contribution in [3.05, 3.63) is 83.3 Å². The molecule has 2 heterocycles. The topological polar surface area (TPSA) is 45.8 Å². The third-order valence-electron chi connectivity index (χ3n) is 5.67. The van der Waals surface area contributed by atoms with E-state index in [9.17, 15) is 18.3 Å². The van der Waals surface area contributed by atoms with Crippen LogP contribution >= 0.6 is 0 Å². The molecule has 0 bridgehead atoms. The molecule has 4 nitrogen and oxygen atoms in total. The minimum atomic E-state index is -4.50. The highest BCUT2D eigenvalue weighted by molar-refractivity contribution is 5.76. The predicted molar refractivity (Wildman–Crippen MR) is 116 cm³/mol. The molecule has 1 aliphatic rings.